The summed E-state index contributed by atoms with van der Waals surface area (Å²) in [5.74, 6) is 0. The monoisotopic (exact) mass is 252 g/mol. The molecule has 0 radical (unpaired) electrons. The summed E-state index contributed by atoms with van der Waals surface area (Å²) in [5, 5.41) is 0.136. The highest BCUT2D eigenvalue weighted by Crippen LogP contribution is 2.42. The van der Waals surface area contributed by atoms with Crippen molar-refractivity contribution >= 4 is 38.8 Å². The molecule has 0 spiro atoms. The smallest absolute Gasteiger partial charge is 0.398 e. The van der Waals surface area contributed by atoms with E-state index in [4.69, 9.17) is 17.3 Å². The molecule has 1 heterocycles. The van der Waals surface area contributed by atoms with Gasteiger partial charge in [0.05, 0.1) is 20.8 Å². The summed E-state index contributed by atoms with van der Waals surface area (Å²) in [4.78, 5) is 3.76. The van der Waals surface area contributed by atoms with Gasteiger partial charge in [0.1, 0.15) is 5.52 Å². The Morgan fingerprint density at radius 1 is 1.40 bits per heavy atom. The summed E-state index contributed by atoms with van der Waals surface area (Å²) in [7, 11) is 0. The molecule has 0 aliphatic carbocycles. The molecule has 0 aliphatic heterocycles. The Balaban J connectivity index is 2.89. The molecule has 1 aromatic carbocycles. The Hall–Kier alpha value is -1.01. The molecule has 0 saturated carbocycles. The quantitative estimate of drug-likeness (QED) is 0.728. The number of thiazole rings is 1. The first-order valence-corrected chi connectivity index (χ1v) is 5.05. The Morgan fingerprint density at radius 2 is 2.07 bits per heavy atom. The van der Waals surface area contributed by atoms with Gasteiger partial charge in [0.25, 0.3) is 0 Å². The zero-order valence-electron chi connectivity index (χ0n) is 7.10. The van der Waals surface area contributed by atoms with Crippen LogP contribution in [0.5, 0.6) is 0 Å². The number of nitrogens with two attached hydrogens (primary N) is 1. The predicted octanol–water partition coefficient (Wildman–Crippen LogP) is 3.55. The van der Waals surface area contributed by atoms with E-state index in [0.717, 1.165) is 17.4 Å². The van der Waals surface area contributed by atoms with Crippen molar-refractivity contribution in [2.24, 2.45) is 0 Å². The molecule has 2 rings (SSSR count). The van der Waals surface area contributed by atoms with Gasteiger partial charge in [-0.3, -0.25) is 0 Å². The lowest BCUT2D eigenvalue weighted by molar-refractivity contribution is -0.135. The van der Waals surface area contributed by atoms with Gasteiger partial charge in [-0.05, 0) is 6.07 Å². The van der Waals surface area contributed by atoms with Crippen molar-refractivity contribution in [2.75, 3.05) is 5.73 Å². The maximum absolute atomic E-state index is 12.6. The van der Waals surface area contributed by atoms with E-state index in [-0.39, 0.29) is 20.9 Å². The second-order valence-corrected chi connectivity index (χ2v) is 4.11. The van der Waals surface area contributed by atoms with Gasteiger partial charge in [-0.25, -0.2) is 4.98 Å². The molecule has 0 amide bonds. The number of alkyl halides is 3. The molecular formula is C8H4ClF3N2S. The van der Waals surface area contributed by atoms with Crippen LogP contribution in [0, 0.1) is 0 Å². The fraction of sp³-hybridized carbons (Fsp3) is 0.125. The molecule has 0 saturated heterocycles. The van der Waals surface area contributed by atoms with Gasteiger partial charge in [0.2, 0.25) is 0 Å². The molecule has 0 fully saturated rings. The largest absolute Gasteiger partial charge is 0.419 e. The number of halogens is 4. The highest BCUT2D eigenvalue weighted by molar-refractivity contribution is 7.17. The third-order valence-corrected chi connectivity index (χ3v) is 3.01. The minimum Gasteiger partial charge on any atom is -0.398 e. The normalized spacial score (nSPS) is 12.3. The molecular weight excluding hydrogens is 249 g/mol. The Kier molecular flexibility index (Phi) is 2.27. The maximum Gasteiger partial charge on any atom is 0.419 e. The van der Waals surface area contributed by atoms with Gasteiger partial charge in [-0.1, -0.05) is 11.6 Å². The van der Waals surface area contributed by atoms with Gasteiger partial charge in [-0.2, -0.15) is 13.2 Å². The number of hydrogen-bond acceptors (Lipinski definition) is 3. The van der Waals surface area contributed by atoms with Crippen molar-refractivity contribution in [3.63, 3.8) is 0 Å². The molecule has 2 aromatic rings. The van der Waals surface area contributed by atoms with Crippen LogP contribution in [0.4, 0.5) is 18.9 Å². The highest BCUT2D eigenvalue weighted by atomic mass is 35.5. The van der Waals surface area contributed by atoms with Crippen molar-refractivity contribution in [2.45, 2.75) is 6.18 Å². The number of fused-ring (bicyclic) bond motifs is 1. The second-order valence-electron chi connectivity index (χ2n) is 2.85. The fourth-order valence-electron chi connectivity index (χ4n) is 1.29. The summed E-state index contributed by atoms with van der Waals surface area (Å²) in [6, 6.07) is 1.08. The van der Waals surface area contributed by atoms with E-state index in [0.29, 0.717) is 0 Å². The first kappa shape index (κ1) is 10.5. The molecule has 1 aromatic heterocycles. The Morgan fingerprint density at radius 3 is 2.67 bits per heavy atom. The number of benzene rings is 1. The molecule has 0 bridgehead atoms. The third-order valence-electron chi connectivity index (χ3n) is 1.88. The number of hydrogen-bond donors (Lipinski definition) is 1. The predicted molar refractivity (Wildman–Crippen MR) is 54.0 cm³/mol. The standard InChI is InChI=1S/C8H4ClF3N2S/c9-3-1-4(13)5(8(10,11)12)7-6(3)14-2-15-7/h1-2H,13H2. The topological polar surface area (TPSA) is 38.9 Å². The molecule has 80 valence electrons. The van der Waals surface area contributed by atoms with Gasteiger partial charge in [-0.15, -0.1) is 11.3 Å². The van der Waals surface area contributed by atoms with E-state index in [1.54, 1.807) is 0 Å². The molecule has 2 N–H and O–H groups in total. The zero-order valence-corrected chi connectivity index (χ0v) is 8.67. The zero-order chi connectivity index (χ0) is 11.2. The molecule has 15 heavy (non-hydrogen) atoms. The van der Waals surface area contributed by atoms with Gasteiger partial charge >= 0.3 is 6.18 Å². The maximum atomic E-state index is 12.6. The lowest BCUT2D eigenvalue weighted by Crippen LogP contribution is -2.09. The second kappa shape index (κ2) is 3.24. The van der Waals surface area contributed by atoms with Crippen LogP contribution in [-0.2, 0) is 6.18 Å². The van der Waals surface area contributed by atoms with Crippen LogP contribution in [0.2, 0.25) is 5.02 Å². The van der Waals surface area contributed by atoms with Gasteiger partial charge in [0, 0.05) is 5.69 Å². The van der Waals surface area contributed by atoms with Crippen LogP contribution in [0.3, 0.4) is 0 Å². The van der Waals surface area contributed by atoms with Crippen LogP contribution in [0.15, 0.2) is 11.6 Å². The van der Waals surface area contributed by atoms with Gasteiger partial charge < -0.3 is 5.73 Å². The van der Waals surface area contributed by atoms with E-state index in [1.807, 2.05) is 0 Å². The minimum atomic E-state index is -4.49. The molecule has 0 unspecified atom stereocenters. The third kappa shape index (κ3) is 1.63. The Labute approximate surface area is 91.5 Å². The number of rotatable bonds is 0. The van der Waals surface area contributed by atoms with E-state index in [9.17, 15) is 13.2 Å². The van der Waals surface area contributed by atoms with E-state index in [2.05, 4.69) is 4.98 Å². The number of aromatic nitrogens is 1. The number of nitrogens with zero attached hydrogens (tertiary/aromatic N) is 1. The lowest BCUT2D eigenvalue weighted by Gasteiger charge is -2.10. The number of anilines is 1. The molecule has 7 heteroatoms. The minimum absolute atomic E-state index is 0.0208. The van der Waals surface area contributed by atoms with Crippen molar-refractivity contribution in [3.05, 3.63) is 22.2 Å². The first-order chi connectivity index (χ1) is 6.91. The van der Waals surface area contributed by atoms with Crippen molar-refractivity contribution in [3.8, 4) is 0 Å². The lowest BCUT2D eigenvalue weighted by atomic mass is 10.1. The van der Waals surface area contributed by atoms with Crippen LogP contribution in [-0.4, -0.2) is 4.98 Å². The molecule has 0 aliphatic rings. The Bertz CT molecular complexity index is 520. The van der Waals surface area contributed by atoms with E-state index < -0.39 is 11.7 Å². The van der Waals surface area contributed by atoms with E-state index in [1.165, 1.54) is 5.51 Å². The van der Waals surface area contributed by atoms with Crippen LogP contribution in [0.25, 0.3) is 10.2 Å². The van der Waals surface area contributed by atoms with Crippen molar-refractivity contribution in [1.29, 1.82) is 0 Å². The van der Waals surface area contributed by atoms with Gasteiger partial charge in [0.15, 0.2) is 0 Å². The number of nitrogen functional groups attached to an aromatic ring is 1. The summed E-state index contributed by atoms with van der Waals surface area (Å²) >= 11 is 6.60. The SMILES string of the molecule is Nc1cc(Cl)c2ncsc2c1C(F)(F)F. The van der Waals surface area contributed by atoms with E-state index >= 15 is 0 Å². The summed E-state index contributed by atoms with van der Waals surface area (Å²) < 4.78 is 37.9. The highest BCUT2D eigenvalue weighted by Gasteiger charge is 2.36. The van der Waals surface area contributed by atoms with Crippen LogP contribution >= 0.6 is 22.9 Å². The fourth-order valence-corrected chi connectivity index (χ4v) is 2.50. The van der Waals surface area contributed by atoms with Crippen molar-refractivity contribution in [1.82, 2.24) is 4.98 Å². The van der Waals surface area contributed by atoms with Crippen LogP contribution in [0.1, 0.15) is 5.56 Å². The average molecular weight is 253 g/mol. The average Bonchev–Trinajstić information content (AvgIpc) is 2.49. The summed E-state index contributed by atoms with van der Waals surface area (Å²) in [6.07, 6.45) is -4.49. The molecule has 2 nitrogen and oxygen atoms in total. The first-order valence-electron chi connectivity index (χ1n) is 3.79. The van der Waals surface area contributed by atoms with Crippen LogP contribution < -0.4 is 5.73 Å². The summed E-state index contributed by atoms with van der Waals surface area (Å²) in [5.41, 5.74) is 5.53. The summed E-state index contributed by atoms with van der Waals surface area (Å²) in [6.45, 7) is 0. The van der Waals surface area contributed by atoms with Crippen molar-refractivity contribution < 1.29 is 13.2 Å². The molecule has 0 atom stereocenters.